The fraction of sp³-hybridized carbons (Fsp3) is 0.957. The Balaban J connectivity index is 5.55. The molecule has 4 nitrogen and oxygen atoms in total. The van der Waals surface area contributed by atoms with Crippen LogP contribution in [0.2, 0.25) is 0 Å². The van der Waals surface area contributed by atoms with Gasteiger partial charge in [-0.1, -0.05) is 83.1 Å². The first kappa shape index (κ1) is 26.4. The third-order valence-corrected chi connectivity index (χ3v) is 4.23. The standard InChI is InChI=1S/C23H46O4/c1-19(2,3)13-25-16-23(22(10,11)12,17-26-14-20(4,5)6)18(24)27-15-21(7,8)9/h13-17H2,1-12H3. The van der Waals surface area contributed by atoms with Crippen molar-refractivity contribution in [3.63, 3.8) is 0 Å². The predicted octanol–water partition coefficient (Wildman–Crippen LogP) is 5.73. The summed E-state index contributed by atoms with van der Waals surface area (Å²) in [7, 11) is 0. The van der Waals surface area contributed by atoms with Gasteiger partial charge in [-0.15, -0.1) is 0 Å². The monoisotopic (exact) mass is 386 g/mol. The third-order valence-electron chi connectivity index (χ3n) is 4.23. The molecule has 0 rings (SSSR count). The van der Waals surface area contributed by atoms with E-state index in [4.69, 9.17) is 14.2 Å². The highest BCUT2D eigenvalue weighted by molar-refractivity contribution is 5.78. The van der Waals surface area contributed by atoms with Crippen LogP contribution >= 0.6 is 0 Å². The van der Waals surface area contributed by atoms with Crippen LogP contribution in [0.4, 0.5) is 0 Å². The Kier molecular flexibility index (Phi) is 9.05. The second-order valence-corrected chi connectivity index (χ2v) is 12.6. The summed E-state index contributed by atoms with van der Waals surface area (Å²) in [6.45, 7) is 27.2. The molecule has 0 aromatic rings. The molecule has 0 bridgehead atoms. The molecule has 0 atom stereocenters. The third kappa shape index (κ3) is 10.5. The minimum atomic E-state index is -0.852. The van der Waals surface area contributed by atoms with E-state index in [-0.39, 0.29) is 27.6 Å². The van der Waals surface area contributed by atoms with E-state index in [0.29, 0.717) is 33.0 Å². The van der Waals surface area contributed by atoms with Crippen LogP contribution in [0.15, 0.2) is 0 Å². The van der Waals surface area contributed by atoms with Crippen LogP contribution in [-0.4, -0.2) is 39.0 Å². The first-order valence-corrected chi connectivity index (χ1v) is 10.1. The average Bonchev–Trinajstić information content (AvgIpc) is 2.38. The summed E-state index contributed by atoms with van der Waals surface area (Å²) in [6.07, 6.45) is 0. The first-order valence-electron chi connectivity index (χ1n) is 10.1. The minimum absolute atomic E-state index is 0.0329. The summed E-state index contributed by atoms with van der Waals surface area (Å²) in [6, 6.07) is 0. The summed E-state index contributed by atoms with van der Waals surface area (Å²) >= 11 is 0. The van der Waals surface area contributed by atoms with Gasteiger partial charge < -0.3 is 14.2 Å². The van der Waals surface area contributed by atoms with Crippen molar-refractivity contribution in [3.8, 4) is 0 Å². The molecule has 162 valence electrons. The van der Waals surface area contributed by atoms with Crippen molar-refractivity contribution in [2.75, 3.05) is 33.0 Å². The summed E-state index contributed by atoms with van der Waals surface area (Å²) in [5.41, 5.74) is -1.24. The second-order valence-electron chi connectivity index (χ2n) is 12.6. The molecule has 0 fully saturated rings. The first-order chi connectivity index (χ1) is 11.8. The predicted molar refractivity (Wildman–Crippen MR) is 113 cm³/mol. The summed E-state index contributed by atoms with van der Waals surface area (Å²) in [4.78, 5) is 13.3. The lowest BCUT2D eigenvalue weighted by Gasteiger charge is -2.43. The van der Waals surface area contributed by atoms with Crippen molar-refractivity contribution in [1.82, 2.24) is 0 Å². The van der Waals surface area contributed by atoms with Crippen LogP contribution in [0.1, 0.15) is 83.1 Å². The topological polar surface area (TPSA) is 44.8 Å². The maximum atomic E-state index is 13.3. The van der Waals surface area contributed by atoms with Crippen molar-refractivity contribution >= 4 is 5.97 Å². The summed E-state index contributed by atoms with van der Waals surface area (Å²) in [5.74, 6) is -0.229. The number of carbonyl (C=O) groups is 1. The molecule has 0 radical (unpaired) electrons. The van der Waals surface area contributed by atoms with Crippen LogP contribution < -0.4 is 0 Å². The second kappa shape index (κ2) is 9.26. The fourth-order valence-electron chi connectivity index (χ4n) is 2.38. The summed E-state index contributed by atoms with van der Waals surface area (Å²) in [5, 5.41) is 0. The zero-order chi connectivity index (χ0) is 21.7. The molecular formula is C23H46O4. The van der Waals surface area contributed by atoms with Crippen molar-refractivity contribution < 1.29 is 19.0 Å². The molecule has 0 aliphatic rings. The average molecular weight is 387 g/mol. The van der Waals surface area contributed by atoms with E-state index in [1.54, 1.807) is 0 Å². The molecule has 0 aliphatic heterocycles. The normalized spacial score (nSPS) is 14.4. The highest BCUT2D eigenvalue weighted by atomic mass is 16.5. The molecule has 0 unspecified atom stereocenters. The van der Waals surface area contributed by atoms with Crippen LogP contribution in [0, 0.1) is 27.1 Å². The minimum Gasteiger partial charge on any atom is -0.465 e. The maximum Gasteiger partial charge on any atom is 0.317 e. The lowest BCUT2D eigenvalue weighted by molar-refractivity contribution is -0.183. The van der Waals surface area contributed by atoms with Crippen molar-refractivity contribution in [2.24, 2.45) is 27.1 Å². The number of carbonyl (C=O) groups excluding carboxylic acids is 1. The number of esters is 1. The van der Waals surface area contributed by atoms with E-state index in [9.17, 15) is 4.79 Å². The van der Waals surface area contributed by atoms with Crippen molar-refractivity contribution in [3.05, 3.63) is 0 Å². The molecule has 0 aromatic carbocycles. The molecule has 0 aliphatic carbocycles. The number of hydrogen-bond donors (Lipinski definition) is 0. The van der Waals surface area contributed by atoms with Gasteiger partial charge in [0.15, 0.2) is 0 Å². The maximum absolute atomic E-state index is 13.3. The smallest absolute Gasteiger partial charge is 0.317 e. The van der Waals surface area contributed by atoms with Gasteiger partial charge in [0.2, 0.25) is 0 Å². The highest BCUT2D eigenvalue weighted by Gasteiger charge is 2.51. The van der Waals surface area contributed by atoms with Gasteiger partial charge in [-0.2, -0.15) is 0 Å². The van der Waals surface area contributed by atoms with E-state index in [1.165, 1.54) is 0 Å². The molecule has 0 spiro atoms. The van der Waals surface area contributed by atoms with Gasteiger partial charge in [0.1, 0.15) is 5.41 Å². The van der Waals surface area contributed by atoms with Crippen LogP contribution in [0.3, 0.4) is 0 Å². The van der Waals surface area contributed by atoms with E-state index >= 15 is 0 Å². The molecule has 0 amide bonds. The van der Waals surface area contributed by atoms with Gasteiger partial charge in [-0.05, 0) is 21.7 Å². The Labute approximate surface area is 168 Å². The van der Waals surface area contributed by atoms with Gasteiger partial charge in [-0.25, -0.2) is 0 Å². The van der Waals surface area contributed by atoms with E-state index in [1.807, 2.05) is 0 Å². The van der Waals surface area contributed by atoms with Gasteiger partial charge in [0.25, 0.3) is 0 Å². The van der Waals surface area contributed by atoms with Gasteiger partial charge in [0.05, 0.1) is 33.0 Å². The Hall–Kier alpha value is -0.610. The Morgan fingerprint density at radius 1 is 0.556 bits per heavy atom. The molecule has 0 saturated heterocycles. The highest BCUT2D eigenvalue weighted by Crippen LogP contribution is 2.42. The lowest BCUT2D eigenvalue weighted by Crippen LogP contribution is -2.52. The number of ether oxygens (including phenoxy) is 3. The summed E-state index contributed by atoms with van der Waals surface area (Å²) < 4.78 is 17.9. The van der Waals surface area contributed by atoms with Crippen LogP contribution in [-0.2, 0) is 19.0 Å². The molecule has 4 heteroatoms. The number of rotatable bonds is 8. The number of hydrogen-bond acceptors (Lipinski definition) is 4. The van der Waals surface area contributed by atoms with Crippen molar-refractivity contribution in [2.45, 2.75) is 83.1 Å². The van der Waals surface area contributed by atoms with Gasteiger partial charge >= 0.3 is 5.97 Å². The van der Waals surface area contributed by atoms with Crippen LogP contribution in [0.5, 0.6) is 0 Å². The van der Waals surface area contributed by atoms with Gasteiger partial charge in [-0.3, -0.25) is 4.79 Å². The molecule has 0 N–H and O–H groups in total. The van der Waals surface area contributed by atoms with E-state index in [0.717, 1.165) is 0 Å². The Bertz CT molecular complexity index is 433. The van der Waals surface area contributed by atoms with Crippen LogP contribution in [0.25, 0.3) is 0 Å². The zero-order valence-electron chi connectivity index (χ0n) is 20.2. The van der Waals surface area contributed by atoms with Crippen molar-refractivity contribution in [1.29, 1.82) is 0 Å². The zero-order valence-corrected chi connectivity index (χ0v) is 20.2. The Morgan fingerprint density at radius 2 is 0.889 bits per heavy atom. The molecular weight excluding hydrogens is 340 g/mol. The molecule has 27 heavy (non-hydrogen) atoms. The fourth-order valence-corrected chi connectivity index (χ4v) is 2.38. The van der Waals surface area contributed by atoms with Gasteiger partial charge in [0, 0.05) is 0 Å². The quantitative estimate of drug-likeness (QED) is 0.499. The Morgan fingerprint density at radius 3 is 1.15 bits per heavy atom. The van der Waals surface area contributed by atoms with E-state index in [2.05, 4.69) is 83.1 Å². The molecule has 0 aromatic heterocycles. The largest absolute Gasteiger partial charge is 0.465 e. The van der Waals surface area contributed by atoms with E-state index < -0.39 is 5.41 Å². The molecule has 0 heterocycles. The molecule has 0 saturated carbocycles. The lowest BCUT2D eigenvalue weighted by atomic mass is 9.67. The SMILES string of the molecule is CC(C)(C)COCC(COCC(C)(C)C)(C(=O)OCC(C)(C)C)C(C)(C)C.